The molecule has 0 unspecified atom stereocenters. The van der Waals surface area contributed by atoms with Crippen LogP contribution in [0.1, 0.15) is 40.0 Å². The molecule has 0 bridgehead atoms. The van der Waals surface area contributed by atoms with Crippen molar-refractivity contribution in [2.45, 2.75) is 46.1 Å². The van der Waals surface area contributed by atoms with Crippen molar-refractivity contribution in [1.29, 1.82) is 0 Å². The standard InChI is InChI=1S/C19H30ClN3O2/c1-14(2)8-7-9-15(3)21-18(24)12-23(4)13-19(25)22-17-11-6-5-10-16(17)20/h5-6,10-11,14-15H,7-9,12-13H2,1-4H3,(H,21,24)(H,22,25)/t15-/m0/s1. The van der Waals surface area contributed by atoms with Crippen molar-refractivity contribution in [3.63, 3.8) is 0 Å². The van der Waals surface area contributed by atoms with Crippen LogP contribution in [0.3, 0.4) is 0 Å². The SMILES string of the molecule is CC(C)CCC[C@H](C)NC(=O)CN(C)CC(=O)Nc1ccccc1Cl. The van der Waals surface area contributed by atoms with E-state index >= 15 is 0 Å². The molecule has 0 fully saturated rings. The van der Waals surface area contributed by atoms with E-state index in [9.17, 15) is 9.59 Å². The Kier molecular flexibility index (Phi) is 9.53. The summed E-state index contributed by atoms with van der Waals surface area (Å²) in [5.74, 6) is 0.420. The highest BCUT2D eigenvalue weighted by atomic mass is 35.5. The molecule has 0 aromatic heterocycles. The fraction of sp³-hybridized carbons (Fsp3) is 0.579. The third kappa shape index (κ3) is 9.46. The summed E-state index contributed by atoms with van der Waals surface area (Å²) in [7, 11) is 1.75. The summed E-state index contributed by atoms with van der Waals surface area (Å²) in [6.07, 6.45) is 3.25. The third-order valence-electron chi connectivity index (χ3n) is 3.80. The fourth-order valence-corrected chi connectivity index (χ4v) is 2.71. The Morgan fingerprint density at radius 2 is 1.72 bits per heavy atom. The van der Waals surface area contributed by atoms with Crippen molar-refractivity contribution in [3.05, 3.63) is 29.3 Å². The molecule has 2 N–H and O–H groups in total. The number of hydrogen-bond donors (Lipinski definition) is 2. The Bertz CT molecular complexity index is 563. The molecule has 25 heavy (non-hydrogen) atoms. The Hall–Kier alpha value is -1.59. The minimum absolute atomic E-state index is 0.0647. The second-order valence-corrected chi connectivity index (χ2v) is 7.40. The predicted octanol–water partition coefficient (Wildman–Crippen LogP) is 3.54. The van der Waals surface area contributed by atoms with Gasteiger partial charge in [0.05, 0.1) is 23.8 Å². The summed E-state index contributed by atoms with van der Waals surface area (Å²) in [5, 5.41) is 6.22. The first-order valence-corrected chi connectivity index (χ1v) is 9.18. The van der Waals surface area contributed by atoms with Crippen LogP contribution < -0.4 is 10.6 Å². The molecule has 5 nitrogen and oxygen atoms in total. The first-order valence-electron chi connectivity index (χ1n) is 8.80. The molecular formula is C19H30ClN3O2. The number of nitrogens with zero attached hydrogens (tertiary/aromatic N) is 1. The highest BCUT2D eigenvalue weighted by Crippen LogP contribution is 2.20. The number of para-hydroxylation sites is 1. The molecule has 1 aromatic rings. The lowest BCUT2D eigenvalue weighted by Gasteiger charge is -2.19. The molecule has 0 spiro atoms. The number of nitrogens with one attached hydrogen (secondary N) is 2. The van der Waals surface area contributed by atoms with E-state index in [1.54, 1.807) is 36.2 Å². The molecule has 0 saturated heterocycles. The zero-order chi connectivity index (χ0) is 18.8. The van der Waals surface area contributed by atoms with E-state index < -0.39 is 0 Å². The van der Waals surface area contributed by atoms with Crippen molar-refractivity contribution in [1.82, 2.24) is 10.2 Å². The Balaban J connectivity index is 2.30. The quantitative estimate of drug-likeness (QED) is 0.664. The first kappa shape index (κ1) is 21.5. The summed E-state index contributed by atoms with van der Waals surface area (Å²) < 4.78 is 0. The lowest BCUT2D eigenvalue weighted by molar-refractivity contribution is -0.123. The van der Waals surface area contributed by atoms with Gasteiger partial charge >= 0.3 is 0 Å². The van der Waals surface area contributed by atoms with Crippen LogP contribution in [0.25, 0.3) is 0 Å². The van der Waals surface area contributed by atoms with Gasteiger partial charge in [0, 0.05) is 6.04 Å². The molecule has 6 heteroatoms. The third-order valence-corrected chi connectivity index (χ3v) is 4.13. The number of carbonyl (C=O) groups excluding carboxylic acids is 2. The molecule has 0 aliphatic carbocycles. The van der Waals surface area contributed by atoms with E-state index in [1.165, 1.54) is 6.42 Å². The average Bonchev–Trinajstić information content (AvgIpc) is 2.48. The minimum Gasteiger partial charge on any atom is -0.353 e. The molecule has 0 aliphatic rings. The van der Waals surface area contributed by atoms with Crippen LogP contribution in [-0.2, 0) is 9.59 Å². The van der Waals surface area contributed by atoms with Crippen LogP contribution in [0.2, 0.25) is 5.02 Å². The van der Waals surface area contributed by atoms with Gasteiger partial charge in [-0.1, -0.05) is 50.4 Å². The van der Waals surface area contributed by atoms with E-state index in [-0.39, 0.29) is 30.9 Å². The van der Waals surface area contributed by atoms with Crippen LogP contribution >= 0.6 is 11.6 Å². The number of amides is 2. The summed E-state index contributed by atoms with van der Waals surface area (Å²) >= 11 is 6.02. The zero-order valence-corrected chi connectivity index (χ0v) is 16.4. The zero-order valence-electron chi connectivity index (χ0n) is 15.6. The maximum Gasteiger partial charge on any atom is 0.238 e. The molecule has 0 saturated carbocycles. The van der Waals surface area contributed by atoms with Gasteiger partial charge in [-0.3, -0.25) is 14.5 Å². The minimum atomic E-state index is -0.201. The highest BCUT2D eigenvalue weighted by molar-refractivity contribution is 6.33. The monoisotopic (exact) mass is 367 g/mol. The van der Waals surface area contributed by atoms with Crippen LogP contribution in [0.4, 0.5) is 5.69 Å². The average molecular weight is 368 g/mol. The fourth-order valence-electron chi connectivity index (χ4n) is 2.52. The van der Waals surface area contributed by atoms with E-state index in [2.05, 4.69) is 24.5 Å². The normalized spacial score (nSPS) is 12.3. The summed E-state index contributed by atoms with van der Waals surface area (Å²) in [4.78, 5) is 25.8. The van der Waals surface area contributed by atoms with Crippen LogP contribution in [-0.4, -0.2) is 42.9 Å². The van der Waals surface area contributed by atoms with Gasteiger partial charge in [-0.15, -0.1) is 0 Å². The van der Waals surface area contributed by atoms with Crippen molar-refractivity contribution in [2.75, 3.05) is 25.5 Å². The number of halogens is 1. The molecule has 2 amide bonds. The van der Waals surface area contributed by atoms with Gasteiger partial charge in [0.15, 0.2) is 0 Å². The summed E-state index contributed by atoms with van der Waals surface area (Å²) in [6, 6.07) is 7.22. The van der Waals surface area contributed by atoms with Gasteiger partial charge in [-0.2, -0.15) is 0 Å². The first-order chi connectivity index (χ1) is 11.8. The molecule has 140 valence electrons. The van der Waals surface area contributed by atoms with Crippen molar-refractivity contribution in [2.24, 2.45) is 5.92 Å². The number of anilines is 1. The van der Waals surface area contributed by atoms with Crippen LogP contribution in [0.5, 0.6) is 0 Å². The van der Waals surface area contributed by atoms with Crippen molar-refractivity contribution < 1.29 is 9.59 Å². The summed E-state index contributed by atoms with van der Waals surface area (Å²) in [6.45, 7) is 6.73. The molecule has 0 aliphatic heterocycles. The molecule has 1 rings (SSSR count). The Morgan fingerprint density at radius 3 is 2.36 bits per heavy atom. The highest BCUT2D eigenvalue weighted by Gasteiger charge is 2.13. The number of hydrogen-bond acceptors (Lipinski definition) is 3. The number of benzene rings is 1. The van der Waals surface area contributed by atoms with Gasteiger partial charge < -0.3 is 10.6 Å². The van der Waals surface area contributed by atoms with Gasteiger partial charge in [0.1, 0.15) is 0 Å². The lowest BCUT2D eigenvalue weighted by atomic mass is 10.0. The van der Waals surface area contributed by atoms with Gasteiger partial charge in [-0.25, -0.2) is 0 Å². The van der Waals surface area contributed by atoms with Crippen molar-refractivity contribution in [3.8, 4) is 0 Å². The molecule has 1 atom stereocenters. The van der Waals surface area contributed by atoms with Gasteiger partial charge in [0.25, 0.3) is 0 Å². The van der Waals surface area contributed by atoms with E-state index in [0.717, 1.165) is 12.8 Å². The topological polar surface area (TPSA) is 61.4 Å². The number of rotatable bonds is 10. The van der Waals surface area contributed by atoms with E-state index in [0.29, 0.717) is 16.6 Å². The van der Waals surface area contributed by atoms with Gasteiger partial charge in [0.2, 0.25) is 11.8 Å². The molecule has 0 radical (unpaired) electrons. The van der Waals surface area contributed by atoms with Crippen LogP contribution in [0.15, 0.2) is 24.3 Å². The second kappa shape index (κ2) is 11.1. The molecular weight excluding hydrogens is 338 g/mol. The summed E-state index contributed by atoms with van der Waals surface area (Å²) in [5.41, 5.74) is 0.575. The van der Waals surface area contributed by atoms with Crippen LogP contribution in [0, 0.1) is 5.92 Å². The molecule has 0 heterocycles. The maximum atomic E-state index is 12.0. The molecule has 1 aromatic carbocycles. The largest absolute Gasteiger partial charge is 0.353 e. The van der Waals surface area contributed by atoms with Crippen molar-refractivity contribution >= 4 is 29.1 Å². The van der Waals surface area contributed by atoms with E-state index in [1.807, 2.05) is 6.92 Å². The second-order valence-electron chi connectivity index (χ2n) is 6.99. The lowest BCUT2D eigenvalue weighted by Crippen LogP contribution is -2.42. The van der Waals surface area contributed by atoms with Gasteiger partial charge in [-0.05, 0) is 38.4 Å². The maximum absolute atomic E-state index is 12.0. The van der Waals surface area contributed by atoms with E-state index in [4.69, 9.17) is 11.6 Å². The predicted molar refractivity (Wildman–Crippen MR) is 104 cm³/mol. The number of likely N-dealkylation sites (N-methyl/N-ethyl adjacent to an activating group) is 1. The Labute approximate surface area is 156 Å². The smallest absolute Gasteiger partial charge is 0.238 e. The number of carbonyl (C=O) groups is 2. The Morgan fingerprint density at radius 1 is 1.08 bits per heavy atom.